The second-order valence-corrected chi connectivity index (χ2v) is 5.11. The Hall–Kier alpha value is 0.657. The van der Waals surface area contributed by atoms with Gasteiger partial charge in [0.2, 0.25) is 0 Å². The molecule has 0 saturated carbocycles. The van der Waals surface area contributed by atoms with Crippen LogP contribution in [-0.2, 0) is 4.43 Å². The van der Waals surface area contributed by atoms with Crippen molar-refractivity contribution in [1.82, 2.24) is 0 Å². The summed E-state index contributed by atoms with van der Waals surface area (Å²) in [6, 6.07) is 0. The predicted octanol–water partition coefficient (Wildman–Crippen LogP) is 2.12. The van der Waals surface area contributed by atoms with Gasteiger partial charge in [0.05, 0.1) is 5.60 Å². The van der Waals surface area contributed by atoms with Gasteiger partial charge in [0.25, 0.3) is 0 Å². The van der Waals surface area contributed by atoms with Gasteiger partial charge >= 0.3 is 0 Å². The van der Waals surface area contributed by atoms with Gasteiger partial charge in [-0.1, -0.05) is 43.6 Å². The summed E-state index contributed by atoms with van der Waals surface area (Å²) in [6.45, 7) is 9.00. The molecule has 0 amide bonds. The molecule has 0 fully saturated rings. The van der Waals surface area contributed by atoms with E-state index in [1.807, 2.05) is 0 Å². The molecule has 0 aromatic carbocycles. The van der Waals surface area contributed by atoms with Gasteiger partial charge in [-0.25, -0.2) is 0 Å². The van der Waals surface area contributed by atoms with E-state index in [-0.39, 0.29) is 5.60 Å². The van der Waals surface area contributed by atoms with Crippen LogP contribution in [0.25, 0.3) is 0 Å². The lowest BCUT2D eigenvalue weighted by Gasteiger charge is -2.40. The molecule has 0 unspecified atom stereocenters. The minimum Gasteiger partial charge on any atom is -0.422 e. The summed E-state index contributed by atoms with van der Waals surface area (Å²) in [6.07, 6.45) is 1.12. The Morgan fingerprint density at radius 2 is 1.67 bits per heavy atom. The Balaban J connectivity index is 4.51. The highest BCUT2D eigenvalue weighted by Gasteiger charge is 2.35. The molecule has 0 aromatic rings. The second-order valence-electron chi connectivity index (χ2n) is 3.91. The Bertz CT molecular complexity index is 118. The summed E-state index contributed by atoms with van der Waals surface area (Å²) in [4.78, 5) is 0. The van der Waals surface area contributed by atoms with E-state index in [4.69, 9.17) is 4.43 Å². The van der Waals surface area contributed by atoms with Gasteiger partial charge in [0, 0.05) is 5.33 Å². The fourth-order valence-corrected chi connectivity index (χ4v) is 3.73. The zero-order valence-electron chi connectivity index (χ0n) is 8.86. The van der Waals surface area contributed by atoms with Crippen molar-refractivity contribution in [3.63, 3.8) is 0 Å². The zero-order valence-corrected chi connectivity index (χ0v) is 12.4. The smallest absolute Gasteiger partial charge is 0.146 e. The van der Waals surface area contributed by atoms with Crippen LogP contribution in [-0.4, -0.2) is 21.4 Å². The van der Waals surface area contributed by atoms with E-state index in [1.54, 1.807) is 0 Å². The number of hydrogen-bond acceptors (Lipinski definition) is 1. The van der Waals surface area contributed by atoms with Crippen molar-refractivity contribution in [1.29, 1.82) is 0 Å². The predicted molar refractivity (Wildman–Crippen MR) is 61.8 cm³/mol. The molecule has 74 valence electrons. The molecule has 1 nitrogen and oxygen atoms in total. The van der Waals surface area contributed by atoms with E-state index in [1.165, 1.54) is 0 Å². The largest absolute Gasteiger partial charge is 0.422 e. The standard InChI is InChI=1S/C9H21BrOSi/c1-7(2)9(11-12,5-6-10)8(3)4/h7-8H,5-6H2,1-4,12H3. The minimum absolute atomic E-state index is 0.107. The Kier molecular flexibility index (Phi) is 5.70. The summed E-state index contributed by atoms with van der Waals surface area (Å²) < 4.78 is 5.81. The van der Waals surface area contributed by atoms with Crippen LogP contribution in [0.5, 0.6) is 0 Å². The number of alkyl halides is 1. The summed E-state index contributed by atoms with van der Waals surface area (Å²) in [5, 5.41) is 1.03. The fourth-order valence-electron chi connectivity index (χ4n) is 1.97. The first-order valence-corrected chi connectivity index (χ1v) is 6.56. The Labute approximate surface area is 87.9 Å². The Morgan fingerprint density at radius 1 is 1.25 bits per heavy atom. The Morgan fingerprint density at radius 3 is 1.75 bits per heavy atom. The molecule has 0 aliphatic rings. The van der Waals surface area contributed by atoms with Crippen molar-refractivity contribution in [2.24, 2.45) is 11.8 Å². The van der Waals surface area contributed by atoms with Gasteiger partial charge in [0.15, 0.2) is 0 Å². The minimum atomic E-state index is 0.107. The SMILES string of the molecule is CC(C)C(CCBr)(O[SiH3])C(C)C. The number of halogens is 1. The highest BCUT2D eigenvalue weighted by Crippen LogP contribution is 2.33. The third-order valence-electron chi connectivity index (χ3n) is 2.82. The first-order chi connectivity index (χ1) is 5.51. The van der Waals surface area contributed by atoms with Gasteiger partial charge in [-0.05, 0) is 18.3 Å². The molecule has 0 saturated heterocycles. The van der Waals surface area contributed by atoms with Gasteiger partial charge < -0.3 is 4.43 Å². The molecule has 0 N–H and O–H groups in total. The molecule has 12 heavy (non-hydrogen) atoms. The van der Waals surface area contributed by atoms with E-state index in [9.17, 15) is 0 Å². The molecular weight excluding hydrogens is 232 g/mol. The van der Waals surface area contributed by atoms with Crippen LogP contribution < -0.4 is 0 Å². The van der Waals surface area contributed by atoms with Gasteiger partial charge in [-0.2, -0.15) is 0 Å². The molecule has 0 atom stereocenters. The molecule has 0 radical (unpaired) electrons. The molecule has 3 heteroatoms. The summed E-state index contributed by atoms with van der Waals surface area (Å²) in [5.41, 5.74) is 0.107. The molecule has 0 rings (SSSR count). The molecular formula is C9H21BrOSi. The zero-order chi connectivity index (χ0) is 9.78. The monoisotopic (exact) mass is 252 g/mol. The maximum atomic E-state index is 5.81. The van der Waals surface area contributed by atoms with Crippen molar-refractivity contribution in [3.05, 3.63) is 0 Å². The van der Waals surface area contributed by atoms with Crippen LogP contribution in [0.3, 0.4) is 0 Å². The summed E-state index contributed by atoms with van der Waals surface area (Å²) in [5.74, 6) is 1.21. The lowest BCUT2D eigenvalue weighted by molar-refractivity contribution is -0.0166. The highest BCUT2D eigenvalue weighted by atomic mass is 79.9. The van der Waals surface area contributed by atoms with Gasteiger partial charge in [0.1, 0.15) is 10.5 Å². The van der Waals surface area contributed by atoms with Crippen LogP contribution in [0.4, 0.5) is 0 Å². The maximum absolute atomic E-state index is 5.81. The van der Waals surface area contributed by atoms with Crippen LogP contribution in [0.2, 0.25) is 0 Å². The lowest BCUT2D eigenvalue weighted by atomic mass is 9.78. The van der Waals surface area contributed by atoms with E-state index >= 15 is 0 Å². The molecule has 0 aliphatic carbocycles. The average molecular weight is 253 g/mol. The van der Waals surface area contributed by atoms with Crippen LogP contribution in [0, 0.1) is 11.8 Å². The van der Waals surface area contributed by atoms with E-state index in [0.29, 0.717) is 11.8 Å². The molecule has 0 aromatic heterocycles. The van der Waals surface area contributed by atoms with E-state index < -0.39 is 0 Å². The third kappa shape index (κ3) is 2.57. The topological polar surface area (TPSA) is 9.23 Å². The highest BCUT2D eigenvalue weighted by molar-refractivity contribution is 9.09. The first kappa shape index (κ1) is 12.7. The van der Waals surface area contributed by atoms with Gasteiger partial charge in [-0.15, -0.1) is 0 Å². The third-order valence-corrected chi connectivity index (χ3v) is 3.98. The first-order valence-electron chi connectivity index (χ1n) is 4.62. The van der Waals surface area contributed by atoms with E-state index in [2.05, 4.69) is 43.6 Å². The number of rotatable bonds is 5. The molecule has 0 bridgehead atoms. The quantitative estimate of drug-likeness (QED) is 0.538. The lowest BCUT2D eigenvalue weighted by Crippen LogP contribution is -2.43. The van der Waals surface area contributed by atoms with Crippen molar-refractivity contribution in [2.45, 2.75) is 39.7 Å². The second kappa shape index (κ2) is 5.40. The van der Waals surface area contributed by atoms with Crippen molar-refractivity contribution in [2.75, 3.05) is 5.33 Å². The van der Waals surface area contributed by atoms with Crippen molar-refractivity contribution < 1.29 is 4.43 Å². The van der Waals surface area contributed by atoms with Gasteiger partial charge in [-0.3, -0.25) is 0 Å². The van der Waals surface area contributed by atoms with Crippen LogP contribution >= 0.6 is 15.9 Å². The van der Waals surface area contributed by atoms with Crippen LogP contribution in [0.1, 0.15) is 34.1 Å². The van der Waals surface area contributed by atoms with Crippen molar-refractivity contribution >= 4 is 26.4 Å². The summed E-state index contributed by atoms with van der Waals surface area (Å²) in [7, 11) is 0.835. The van der Waals surface area contributed by atoms with Crippen molar-refractivity contribution in [3.8, 4) is 0 Å². The number of hydrogen-bond donors (Lipinski definition) is 0. The molecule has 0 heterocycles. The summed E-state index contributed by atoms with van der Waals surface area (Å²) >= 11 is 3.50. The fraction of sp³-hybridized carbons (Fsp3) is 1.00. The average Bonchev–Trinajstić information content (AvgIpc) is 1.98. The molecule has 0 spiro atoms. The maximum Gasteiger partial charge on any atom is 0.146 e. The van der Waals surface area contributed by atoms with E-state index in [0.717, 1.165) is 22.2 Å². The van der Waals surface area contributed by atoms with Crippen LogP contribution in [0.15, 0.2) is 0 Å². The normalized spacial score (nSPS) is 13.2. The molecule has 0 aliphatic heterocycles.